The minimum Gasteiger partial charge on any atom is -0.392 e. The Labute approximate surface area is 112 Å². The van der Waals surface area contributed by atoms with Crippen molar-refractivity contribution in [2.75, 3.05) is 19.6 Å². The van der Waals surface area contributed by atoms with Gasteiger partial charge < -0.3 is 20.7 Å². The maximum Gasteiger partial charge on any atom is 0.253 e. The van der Waals surface area contributed by atoms with E-state index in [4.69, 9.17) is 5.11 Å². The number of H-pyrrole nitrogens is 1. The fraction of sp³-hybridized carbons (Fsp3) is 0.357. The summed E-state index contributed by atoms with van der Waals surface area (Å²) in [5.41, 5.74) is 1.62. The van der Waals surface area contributed by atoms with Crippen LogP contribution >= 0.6 is 0 Å². The van der Waals surface area contributed by atoms with E-state index < -0.39 is 0 Å². The summed E-state index contributed by atoms with van der Waals surface area (Å²) < 4.78 is 0. The molecule has 0 aliphatic carbocycles. The van der Waals surface area contributed by atoms with E-state index in [2.05, 4.69) is 15.6 Å². The number of aliphatic hydroxyl groups excluding tert-OH is 1. The van der Waals surface area contributed by atoms with Gasteiger partial charge >= 0.3 is 0 Å². The summed E-state index contributed by atoms with van der Waals surface area (Å²) in [5.74, 6) is -0.0868. The molecule has 1 atom stereocenters. The van der Waals surface area contributed by atoms with Gasteiger partial charge in [0.2, 0.25) is 0 Å². The molecule has 0 aliphatic heterocycles. The van der Waals surface area contributed by atoms with Gasteiger partial charge in [-0.3, -0.25) is 4.79 Å². The van der Waals surface area contributed by atoms with Crippen LogP contribution in [0.4, 0.5) is 0 Å². The van der Waals surface area contributed by atoms with Crippen LogP contribution in [-0.2, 0) is 0 Å². The topological polar surface area (TPSA) is 77.2 Å². The molecular formula is C14H19N3O2. The van der Waals surface area contributed by atoms with Gasteiger partial charge in [0.25, 0.3) is 5.91 Å². The van der Waals surface area contributed by atoms with E-state index in [0.717, 1.165) is 10.9 Å². The highest BCUT2D eigenvalue weighted by atomic mass is 16.3. The number of carbonyl (C=O) groups is 1. The normalized spacial score (nSPS) is 12.5. The van der Waals surface area contributed by atoms with Gasteiger partial charge in [0, 0.05) is 36.7 Å². The SMILES string of the molecule is CC(O)CNCCNC(=O)c1c[nH]c2ccccc12. The van der Waals surface area contributed by atoms with Gasteiger partial charge in [0.05, 0.1) is 11.7 Å². The Morgan fingerprint density at radius 1 is 1.37 bits per heavy atom. The second kappa shape index (κ2) is 6.36. The van der Waals surface area contributed by atoms with Gasteiger partial charge in [-0.15, -0.1) is 0 Å². The number of aliphatic hydroxyl groups is 1. The summed E-state index contributed by atoms with van der Waals surface area (Å²) in [5, 5.41) is 15.9. The van der Waals surface area contributed by atoms with E-state index in [1.165, 1.54) is 0 Å². The highest BCUT2D eigenvalue weighted by Crippen LogP contribution is 2.17. The molecule has 1 aromatic carbocycles. The molecule has 2 aromatic rings. The predicted octanol–water partition coefficient (Wildman–Crippen LogP) is 0.868. The van der Waals surface area contributed by atoms with Crippen molar-refractivity contribution in [2.24, 2.45) is 0 Å². The number of fused-ring (bicyclic) bond motifs is 1. The summed E-state index contributed by atoms with van der Waals surface area (Å²) in [4.78, 5) is 15.1. The van der Waals surface area contributed by atoms with Crippen molar-refractivity contribution in [3.8, 4) is 0 Å². The smallest absolute Gasteiger partial charge is 0.253 e. The van der Waals surface area contributed by atoms with Gasteiger partial charge in [-0.05, 0) is 13.0 Å². The molecule has 0 bridgehead atoms. The number of amides is 1. The van der Waals surface area contributed by atoms with Crippen LogP contribution in [0.3, 0.4) is 0 Å². The molecule has 0 fully saturated rings. The van der Waals surface area contributed by atoms with Crippen LogP contribution < -0.4 is 10.6 Å². The first-order chi connectivity index (χ1) is 9.18. The number of rotatable bonds is 6. The minimum atomic E-state index is -0.371. The van der Waals surface area contributed by atoms with Crippen LogP contribution in [0, 0.1) is 0 Å². The molecule has 1 unspecified atom stereocenters. The first-order valence-electron chi connectivity index (χ1n) is 6.41. The number of para-hydroxylation sites is 1. The summed E-state index contributed by atoms with van der Waals surface area (Å²) in [7, 11) is 0. The molecule has 102 valence electrons. The third kappa shape index (κ3) is 3.56. The van der Waals surface area contributed by atoms with Crippen molar-refractivity contribution in [3.63, 3.8) is 0 Å². The average molecular weight is 261 g/mol. The Balaban J connectivity index is 1.86. The lowest BCUT2D eigenvalue weighted by Crippen LogP contribution is -2.34. The van der Waals surface area contributed by atoms with Gasteiger partial charge in [-0.25, -0.2) is 0 Å². The predicted molar refractivity (Wildman–Crippen MR) is 75.2 cm³/mol. The third-order valence-corrected chi connectivity index (χ3v) is 2.86. The number of carbonyl (C=O) groups excluding carboxylic acids is 1. The second-order valence-electron chi connectivity index (χ2n) is 4.56. The fourth-order valence-corrected chi connectivity index (χ4v) is 1.93. The molecule has 4 N–H and O–H groups in total. The molecule has 0 saturated carbocycles. The molecule has 5 nitrogen and oxygen atoms in total. The number of benzene rings is 1. The first kappa shape index (κ1) is 13.6. The van der Waals surface area contributed by atoms with Crippen molar-refractivity contribution in [1.82, 2.24) is 15.6 Å². The van der Waals surface area contributed by atoms with E-state index in [1.54, 1.807) is 13.1 Å². The van der Waals surface area contributed by atoms with Gasteiger partial charge in [-0.2, -0.15) is 0 Å². The largest absolute Gasteiger partial charge is 0.392 e. The molecule has 0 saturated heterocycles. The summed E-state index contributed by atoms with van der Waals surface area (Å²) in [6, 6.07) is 7.71. The number of aromatic amines is 1. The van der Waals surface area contributed by atoms with Crippen LogP contribution in [0.15, 0.2) is 30.5 Å². The van der Waals surface area contributed by atoms with Crippen LogP contribution in [-0.4, -0.2) is 41.7 Å². The van der Waals surface area contributed by atoms with E-state index >= 15 is 0 Å². The summed E-state index contributed by atoms with van der Waals surface area (Å²) in [6.07, 6.45) is 1.35. The van der Waals surface area contributed by atoms with E-state index in [9.17, 15) is 4.79 Å². The maximum atomic E-state index is 12.0. The minimum absolute atomic E-state index is 0.0868. The summed E-state index contributed by atoms with van der Waals surface area (Å²) >= 11 is 0. The molecule has 1 amide bonds. The molecule has 19 heavy (non-hydrogen) atoms. The Bertz CT molecular complexity index is 548. The van der Waals surface area contributed by atoms with Crippen LogP contribution in [0.1, 0.15) is 17.3 Å². The van der Waals surface area contributed by atoms with Gasteiger partial charge in [0.15, 0.2) is 0 Å². The second-order valence-corrected chi connectivity index (χ2v) is 4.56. The number of nitrogens with one attached hydrogen (secondary N) is 3. The van der Waals surface area contributed by atoms with Crippen molar-refractivity contribution in [3.05, 3.63) is 36.0 Å². The third-order valence-electron chi connectivity index (χ3n) is 2.86. The van der Waals surface area contributed by atoms with Crippen LogP contribution in [0.5, 0.6) is 0 Å². The number of aromatic nitrogens is 1. The van der Waals surface area contributed by atoms with Crippen molar-refractivity contribution >= 4 is 16.8 Å². The van der Waals surface area contributed by atoms with E-state index in [-0.39, 0.29) is 12.0 Å². The van der Waals surface area contributed by atoms with Gasteiger partial charge in [0.1, 0.15) is 0 Å². The lowest BCUT2D eigenvalue weighted by molar-refractivity contribution is 0.0955. The zero-order valence-electron chi connectivity index (χ0n) is 10.9. The highest BCUT2D eigenvalue weighted by Gasteiger charge is 2.10. The Morgan fingerprint density at radius 2 is 2.16 bits per heavy atom. The first-order valence-corrected chi connectivity index (χ1v) is 6.41. The molecule has 0 aliphatic rings. The number of hydrogen-bond acceptors (Lipinski definition) is 3. The maximum absolute atomic E-state index is 12.0. The lowest BCUT2D eigenvalue weighted by atomic mass is 10.1. The molecule has 1 aromatic heterocycles. The van der Waals surface area contributed by atoms with E-state index in [1.807, 2.05) is 24.3 Å². The molecule has 0 radical (unpaired) electrons. The number of hydrogen-bond donors (Lipinski definition) is 4. The fourth-order valence-electron chi connectivity index (χ4n) is 1.93. The monoisotopic (exact) mass is 261 g/mol. The van der Waals surface area contributed by atoms with E-state index in [0.29, 0.717) is 25.2 Å². The van der Waals surface area contributed by atoms with Gasteiger partial charge in [-0.1, -0.05) is 18.2 Å². The molecule has 2 rings (SSSR count). The Morgan fingerprint density at radius 3 is 2.95 bits per heavy atom. The lowest BCUT2D eigenvalue weighted by Gasteiger charge is -2.07. The summed E-state index contributed by atoms with van der Waals surface area (Å²) in [6.45, 7) is 3.42. The molecule has 5 heteroatoms. The molecule has 0 spiro atoms. The average Bonchev–Trinajstić information content (AvgIpc) is 2.81. The van der Waals surface area contributed by atoms with Crippen molar-refractivity contribution in [2.45, 2.75) is 13.0 Å². The van der Waals surface area contributed by atoms with Crippen molar-refractivity contribution in [1.29, 1.82) is 0 Å². The van der Waals surface area contributed by atoms with Crippen molar-refractivity contribution < 1.29 is 9.90 Å². The molecule has 1 heterocycles. The quantitative estimate of drug-likeness (QED) is 0.583. The standard InChI is InChI=1S/C14H19N3O2/c1-10(18)8-15-6-7-16-14(19)12-9-17-13-5-3-2-4-11(12)13/h2-5,9-10,15,17-18H,6-8H2,1H3,(H,16,19). The van der Waals surface area contributed by atoms with Crippen LogP contribution in [0.25, 0.3) is 10.9 Å². The Hall–Kier alpha value is -1.85. The van der Waals surface area contributed by atoms with Crippen LogP contribution in [0.2, 0.25) is 0 Å². The molecular weight excluding hydrogens is 242 g/mol. The zero-order valence-corrected chi connectivity index (χ0v) is 10.9. The highest BCUT2D eigenvalue weighted by molar-refractivity contribution is 6.06. The zero-order chi connectivity index (χ0) is 13.7. The Kier molecular flexibility index (Phi) is 4.54.